The first-order valence-electron chi connectivity index (χ1n) is 5.69. The van der Waals surface area contributed by atoms with Gasteiger partial charge in [-0.2, -0.15) is 0 Å². The predicted molar refractivity (Wildman–Crippen MR) is 76.5 cm³/mol. The molecule has 0 radical (unpaired) electrons. The first-order chi connectivity index (χ1) is 8.25. The summed E-state index contributed by atoms with van der Waals surface area (Å²) in [7, 11) is 2.03. The van der Waals surface area contributed by atoms with Crippen molar-refractivity contribution in [1.82, 2.24) is 9.55 Å². The molecule has 0 spiro atoms. The van der Waals surface area contributed by atoms with Crippen molar-refractivity contribution < 1.29 is 4.74 Å². The predicted octanol–water partition coefficient (Wildman–Crippen LogP) is 2.01. The number of nitrogens with zero attached hydrogens (tertiary/aromatic N) is 3. The molecule has 3 heterocycles. The number of fused-ring (bicyclic) bond motifs is 1. The molecule has 0 aromatic carbocycles. The van der Waals surface area contributed by atoms with Crippen LogP contribution in [0.25, 0.3) is 11.0 Å². The number of hydrogen-bond donors (Lipinski definition) is 0. The highest BCUT2D eigenvalue weighted by Crippen LogP contribution is 2.25. The molecule has 3 rings (SSSR count). The average molecular weight is 343 g/mol. The number of anilines is 1. The minimum absolute atomic E-state index is 0.809. The van der Waals surface area contributed by atoms with Gasteiger partial charge in [0, 0.05) is 35.3 Å². The number of hydrogen-bond acceptors (Lipinski definition) is 3. The van der Waals surface area contributed by atoms with Gasteiger partial charge in [0.15, 0.2) is 0 Å². The molecule has 2 aromatic rings. The average Bonchev–Trinajstić information content (AvgIpc) is 2.66. The Balaban J connectivity index is 2.03. The third kappa shape index (κ3) is 2.01. The Morgan fingerprint density at radius 1 is 1.35 bits per heavy atom. The summed E-state index contributed by atoms with van der Waals surface area (Å²) < 4.78 is 8.69. The number of ether oxygens (including phenoxy) is 1. The van der Waals surface area contributed by atoms with Crippen molar-refractivity contribution >= 4 is 39.3 Å². The summed E-state index contributed by atoms with van der Waals surface area (Å²) in [6, 6.07) is 2.23. The van der Waals surface area contributed by atoms with Crippen molar-refractivity contribution in [2.24, 2.45) is 7.05 Å². The normalized spacial score (nSPS) is 16.7. The Kier molecular flexibility index (Phi) is 2.96. The molecular formula is C12H14IN3O. The van der Waals surface area contributed by atoms with Crippen LogP contribution < -0.4 is 4.90 Å². The van der Waals surface area contributed by atoms with E-state index in [1.807, 2.05) is 13.2 Å². The van der Waals surface area contributed by atoms with E-state index >= 15 is 0 Å². The highest BCUT2D eigenvalue weighted by atomic mass is 127. The summed E-state index contributed by atoms with van der Waals surface area (Å²) in [6.45, 7) is 3.53. The molecule has 2 aromatic heterocycles. The molecule has 4 nitrogen and oxygen atoms in total. The topological polar surface area (TPSA) is 30.3 Å². The van der Waals surface area contributed by atoms with Crippen molar-refractivity contribution in [3.05, 3.63) is 22.0 Å². The van der Waals surface area contributed by atoms with E-state index in [9.17, 15) is 0 Å². The Hall–Kier alpha value is -0.820. The Morgan fingerprint density at radius 2 is 2.12 bits per heavy atom. The second-order valence-corrected chi connectivity index (χ2v) is 5.41. The summed E-state index contributed by atoms with van der Waals surface area (Å²) in [4.78, 5) is 6.88. The molecule has 90 valence electrons. The van der Waals surface area contributed by atoms with Gasteiger partial charge in [0.25, 0.3) is 0 Å². The third-order valence-electron chi connectivity index (χ3n) is 3.13. The lowest BCUT2D eigenvalue weighted by Crippen LogP contribution is -2.36. The SMILES string of the molecule is Cn1cc(I)c2cc(N3CCOCC3)cnc21. The fraction of sp³-hybridized carbons (Fsp3) is 0.417. The molecule has 0 saturated carbocycles. The molecule has 1 fully saturated rings. The quantitative estimate of drug-likeness (QED) is 0.743. The standard InChI is InChI=1S/C12H14IN3O/c1-15-8-11(13)10-6-9(7-14-12(10)15)16-2-4-17-5-3-16/h6-8H,2-5H2,1H3. The lowest BCUT2D eigenvalue weighted by Gasteiger charge is -2.28. The van der Waals surface area contributed by atoms with Crippen LogP contribution in [0.2, 0.25) is 0 Å². The number of pyridine rings is 1. The maximum atomic E-state index is 5.37. The highest BCUT2D eigenvalue weighted by Gasteiger charge is 2.13. The summed E-state index contributed by atoms with van der Waals surface area (Å²) in [6.07, 6.45) is 4.07. The van der Waals surface area contributed by atoms with E-state index in [-0.39, 0.29) is 0 Å². The molecule has 1 aliphatic rings. The molecule has 17 heavy (non-hydrogen) atoms. The molecule has 0 unspecified atom stereocenters. The van der Waals surface area contributed by atoms with Gasteiger partial charge in [-0.3, -0.25) is 0 Å². The van der Waals surface area contributed by atoms with Crippen LogP contribution in [0.1, 0.15) is 0 Å². The van der Waals surface area contributed by atoms with Gasteiger partial charge in [-0.25, -0.2) is 4.98 Å². The maximum absolute atomic E-state index is 5.37. The monoisotopic (exact) mass is 343 g/mol. The Bertz CT molecular complexity index is 546. The van der Waals surface area contributed by atoms with Gasteiger partial charge < -0.3 is 14.2 Å². The van der Waals surface area contributed by atoms with Gasteiger partial charge in [-0.05, 0) is 28.7 Å². The lowest BCUT2D eigenvalue weighted by atomic mass is 10.3. The van der Waals surface area contributed by atoms with Crippen LogP contribution in [-0.2, 0) is 11.8 Å². The van der Waals surface area contributed by atoms with E-state index in [0.29, 0.717) is 0 Å². The van der Waals surface area contributed by atoms with Crippen molar-refractivity contribution in [2.45, 2.75) is 0 Å². The summed E-state index contributed by atoms with van der Waals surface area (Å²) >= 11 is 2.36. The zero-order chi connectivity index (χ0) is 11.8. The lowest BCUT2D eigenvalue weighted by molar-refractivity contribution is 0.122. The zero-order valence-corrected chi connectivity index (χ0v) is 11.8. The largest absolute Gasteiger partial charge is 0.378 e. The summed E-state index contributed by atoms with van der Waals surface area (Å²) in [5, 5.41) is 1.23. The number of rotatable bonds is 1. The number of morpholine rings is 1. The van der Waals surface area contributed by atoms with Crippen LogP contribution in [0.15, 0.2) is 18.5 Å². The van der Waals surface area contributed by atoms with Crippen LogP contribution in [0.3, 0.4) is 0 Å². The van der Waals surface area contributed by atoms with E-state index in [0.717, 1.165) is 32.0 Å². The van der Waals surface area contributed by atoms with Crippen molar-refractivity contribution in [1.29, 1.82) is 0 Å². The van der Waals surface area contributed by atoms with Crippen LogP contribution in [0.4, 0.5) is 5.69 Å². The van der Waals surface area contributed by atoms with Crippen LogP contribution in [-0.4, -0.2) is 35.9 Å². The highest BCUT2D eigenvalue weighted by molar-refractivity contribution is 14.1. The minimum atomic E-state index is 0.809. The van der Waals surface area contributed by atoms with Crippen LogP contribution >= 0.6 is 22.6 Å². The van der Waals surface area contributed by atoms with E-state index < -0.39 is 0 Å². The van der Waals surface area contributed by atoms with Gasteiger partial charge in [0.05, 0.1) is 25.1 Å². The van der Waals surface area contributed by atoms with Crippen molar-refractivity contribution in [3.8, 4) is 0 Å². The Morgan fingerprint density at radius 3 is 2.88 bits per heavy atom. The van der Waals surface area contributed by atoms with Crippen LogP contribution in [0, 0.1) is 3.57 Å². The van der Waals surface area contributed by atoms with Gasteiger partial charge in [-0.15, -0.1) is 0 Å². The molecule has 0 atom stereocenters. The number of halogens is 1. The fourth-order valence-corrected chi connectivity index (χ4v) is 3.01. The Labute approximate surface area is 114 Å². The smallest absolute Gasteiger partial charge is 0.140 e. The van der Waals surface area contributed by atoms with Gasteiger partial charge in [0.2, 0.25) is 0 Å². The summed E-state index contributed by atoms with van der Waals surface area (Å²) in [5.74, 6) is 0. The number of aryl methyl sites for hydroxylation is 1. The van der Waals surface area contributed by atoms with Crippen LogP contribution in [0.5, 0.6) is 0 Å². The second kappa shape index (κ2) is 4.45. The minimum Gasteiger partial charge on any atom is -0.378 e. The van der Waals surface area contributed by atoms with E-state index in [1.165, 1.54) is 14.6 Å². The molecule has 1 aliphatic heterocycles. The van der Waals surface area contributed by atoms with Gasteiger partial charge in [0.1, 0.15) is 5.65 Å². The molecule has 0 N–H and O–H groups in total. The molecule has 0 amide bonds. The first-order valence-corrected chi connectivity index (χ1v) is 6.77. The van der Waals surface area contributed by atoms with Crippen molar-refractivity contribution in [3.63, 3.8) is 0 Å². The number of aromatic nitrogens is 2. The summed E-state index contributed by atoms with van der Waals surface area (Å²) in [5.41, 5.74) is 2.25. The maximum Gasteiger partial charge on any atom is 0.140 e. The molecular weight excluding hydrogens is 329 g/mol. The molecule has 1 saturated heterocycles. The first kappa shape index (κ1) is 11.3. The van der Waals surface area contributed by atoms with E-state index in [4.69, 9.17) is 4.74 Å². The fourth-order valence-electron chi connectivity index (χ4n) is 2.20. The van der Waals surface area contributed by atoms with E-state index in [2.05, 4.69) is 49.3 Å². The van der Waals surface area contributed by atoms with Gasteiger partial charge in [-0.1, -0.05) is 0 Å². The van der Waals surface area contributed by atoms with Crippen molar-refractivity contribution in [2.75, 3.05) is 31.2 Å². The molecule has 5 heteroatoms. The second-order valence-electron chi connectivity index (χ2n) is 4.25. The van der Waals surface area contributed by atoms with E-state index in [1.54, 1.807) is 0 Å². The third-order valence-corrected chi connectivity index (χ3v) is 3.99. The molecule has 0 bridgehead atoms. The molecule has 0 aliphatic carbocycles. The van der Waals surface area contributed by atoms with Gasteiger partial charge >= 0.3 is 0 Å². The zero-order valence-electron chi connectivity index (χ0n) is 9.69.